The van der Waals surface area contributed by atoms with E-state index in [9.17, 15) is 4.79 Å². The minimum absolute atomic E-state index is 0.221. The lowest BCUT2D eigenvalue weighted by molar-refractivity contribution is -0.137. The van der Waals surface area contributed by atoms with Crippen molar-refractivity contribution in [1.29, 1.82) is 0 Å². The van der Waals surface area contributed by atoms with Crippen LogP contribution in [0, 0.1) is 11.3 Å². The highest BCUT2D eigenvalue weighted by atomic mass is 16.5. The summed E-state index contributed by atoms with van der Waals surface area (Å²) in [6.07, 6.45) is 6.23. The largest absolute Gasteiger partial charge is 0.481 e. The number of piperidine rings is 1. The van der Waals surface area contributed by atoms with E-state index < -0.39 is 5.97 Å². The molecule has 0 bridgehead atoms. The number of nitrogens with zero attached hydrogens (tertiary/aromatic N) is 1. The molecule has 4 nitrogen and oxygen atoms in total. The maximum Gasteiger partial charge on any atom is 0.304 e. The predicted octanol–water partition coefficient (Wildman–Crippen LogP) is 5.34. The van der Waals surface area contributed by atoms with Gasteiger partial charge in [-0.1, -0.05) is 60.7 Å². The molecule has 166 valence electrons. The molecule has 1 aliphatic carbocycles. The minimum Gasteiger partial charge on any atom is -0.481 e. The zero-order valence-electron chi connectivity index (χ0n) is 18.4. The van der Waals surface area contributed by atoms with Crippen LogP contribution in [0.1, 0.15) is 55.6 Å². The Morgan fingerprint density at radius 2 is 1.71 bits per heavy atom. The summed E-state index contributed by atoms with van der Waals surface area (Å²) in [6, 6.07) is 21.3. The third-order valence-corrected chi connectivity index (χ3v) is 7.27. The highest BCUT2D eigenvalue weighted by molar-refractivity contribution is 5.66. The molecule has 4 rings (SSSR count). The van der Waals surface area contributed by atoms with Crippen molar-refractivity contribution >= 4 is 5.97 Å². The van der Waals surface area contributed by atoms with Gasteiger partial charge in [0.05, 0.1) is 19.6 Å². The zero-order valence-corrected chi connectivity index (χ0v) is 18.4. The third kappa shape index (κ3) is 6.41. The van der Waals surface area contributed by atoms with Crippen molar-refractivity contribution in [1.82, 2.24) is 4.90 Å². The third-order valence-electron chi connectivity index (χ3n) is 7.27. The van der Waals surface area contributed by atoms with Crippen molar-refractivity contribution < 1.29 is 14.6 Å². The molecule has 0 aromatic heterocycles. The van der Waals surface area contributed by atoms with Crippen LogP contribution in [-0.4, -0.2) is 42.2 Å². The second kappa shape index (κ2) is 10.4. The lowest BCUT2D eigenvalue weighted by Crippen LogP contribution is -2.43. The lowest BCUT2D eigenvalue weighted by atomic mass is 9.74. The van der Waals surface area contributed by atoms with Crippen LogP contribution in [0.3, 0.4) is 0 Å². The number of likely N-dealkylation sites (tertiary alicyclic amines) is 1. The summed E-state index contributed by atoms with van der Waals surface area (Å²) < 4.78 is 6.25. The number of ether oxygens (including phenoxy) is 1. The number of benzene rings is 2. The monoisotopic (exact) mass is 421 g/mol. The number of hydrogen-bond donors (Lipinski definition) is 1. The molecule has 2 fully saturated rings. The van der Waals surface area contributed by atoms with Crippen LogP contribution in [0.2, 0.25) is 0 Å². The Hall–Kier alpha value is -2.17. The summed E-state index contributed by atoms with van der Waals surface area (Å²) in [5.41, 5.74) is 2.94. The Morgan fingerprint density at radius 1 is 1.03 bits per heavy atom. The average Bonchev–Trinajstić information content (AvgIpc) is 3.59. The highest BCUT2D eigenvalue weighted by Crippen LogP contribution is 2.52. The van der Waals surface area contributed by atoms with Crippen LogP contribution in [-0.2, 0) is 16.1 Å². The van der Waals surface area contributed by atoms with Crippen molar-refractivity contribution in [2.45, 2.75) is 51.0 Å². The van der Waals surface area contributed by atoms with Gasteiger partial charge in [-0.2, -0.15) is 0 Å². The second-order valence-corrected chi connectivity index (χ2v) is 9.52. The Bertz CT molecular complexity index is 815. The Morgan fingerprint density at radius 3 is 2.39 bits per heavy atom. The average molecular weight is 422 g/mol. The standard InChI is InChI=1S/C27H35NO3/c29-26(30)12-16-28-17-14-27(15-18-28,21-31-20-22-7-3-1-4-8-22)13-11-24-19-25(24)23-9-5-2-6-10-23/h1-10,24-25H,11-21H2,(H,29,30)/t24-,25?/m1/s1. The molecular formula is C27H35NO3. The van der Waals surface area contributed by atoms with E-state index in [1.165, 1.54) is 30.4 Å². The Balaban J connectivity index is 1.31. The highest BCUT2D eigenvalue weighted by Gasteiger charge is 2.41. The second-order valence-electron chi connectivity index (χ2n) is 9.52. The molecule has 2 aromatic carbocycles. The van der Waals surface area contributed by atoms with Crippen LogP contribution in [0.15, 0.2) is 60.7 Å². The van der Waals surface area contributed by atoms with Crippen LogP contribution in [0.25, 0.3) is 0 Å². The molecule has 0 radical (unpaired) electrons. The molecule has 1 aliphatic heterocycles. The lowest BCUT2D eigenvalue weighted by Gasteiger charge is -2.42. The molecule has 2 aromatic rings. The number of carboxylic acid groups (broad SMARTS) is 1. The molecular weight excluding hydrogens is 386 g/mol. The number of hydrogen-bond acceptors (Lipinski definition) is 3. The molecule has 0 amide bonds. The van der Waals surface area contributed by atoms with Crippen LogP contribution < -0.4 is 0 Å². The van der Waals surface area contributed by atoms with E-state index >= 15 is 0 Å². The molecule has 1 N–H and O–H groups in total. The van der Waals surface area contributed by atoms with Crippen molar-refractivity contribution in [3.63, 3.8) is 0 Å². The summed E-state index contributed by atoms with van der Waals surface area (Å²) in [5.74, 6) is 0.835. The number of aliphatic carboxylic acids is 1. The smallest absolute Gasteiger partial charge is 0.304 e. The van der Waals surface area contributed by atoms with E-state index in [4.69, 9.17) is 9.84 Å². The maximum absolute atomic E-state index is 10.9. The first kappa shape index (κ1) is 22.0. The summed E-state index contributed by atoms with van der Waals surface area (Å²) in [6.45, 7) is 4.09. The van der Waals surface area contributed by atoms with E-state index in [1.807, 2.05) is 6.07 Å². The molecule has 4 heteroatoms. The van der Waals surface area contributed by atoms with Gasteiger partial charge in [0.2, 0.25) is 0 Å². The van der Waals surface area contributed by atoms with Crippen LogP contribution >= 0.6 is 0 Å². The number of rotatable bonds is 11. The number of carboxylic acids is 1. The molecule has 1 saturated heterocycles. The summed E-state index contributed by atoms with van der Waals surface area (Å²) in [7, 11) is 0. The normalized spacial score (nSPS) is 22.8. The zero-order chi connectivity index (χ0) is 21.5. The molecule has 1 saturated carbocycles. The molecule has 1 heterocycles. The first-order valence-electron chi connectivity index (χ1n) is 11.7. The number of carbonyl (C=O) groups is 1. The van der Waals surface area contributed by atoms with Gasteiger partial charge in [-0.3, -0.25) is 4.79 Å². The first-order valence-corrected chi connectivity index (χ1v) is 11.7. The van der Waals surface area contributed by atoms with Gasteiger partial charge in [-0.25, -0.2) is 0 Å². The van der Waals surface area contributed by atoms with Gasteiger partial charge in [0.15, 0.2) is 0 Å². The summed E-state index contributed by atoms with van der Waals surface area (Å²) >= 11 is 0. The topological polar surface area (TPSA) is 49.8 Å². The van der Waals surface area contributed by atoms with Gasteiger partial charge in [0, 0.05) is 6.54 Å². The van der Waals surface area contributed by atoms with E-state index in [-0.39, 0.29) is 11.8 Å². The molecule has 1 unspecified atom stereocenters. The maximum atomic E-state index is 10.9. The first-order chi connectivity index (χ1) is 15.1. The van der Waals surface area contributed by atoms with Crippen LogP contribution in [0.5, 0.6) is 0 Å². The fourth-order valence-electron chi connectivity index (χ4n) is 5.10. The van der Waals surface area contributed by atoms with Gasteiger partial charge >= 0.3 is 5.97 Å². The van der Waals surface area contributed by atoms with Gasteiger partial charge in [0.25, 0.3) is 0 Å². The van der Waals surface area contributed by atoms with Crippen molar-refractivity contribution in [2.24, 2.45) is 11.3 Å². The van der Waals surface area contributed by atoms with Crippen molar-refractivity contribution in [3.05, 3.63) is 71.8 Å². The van der Waals surface area contributed by atoms with Gasteiger partial charge < -0.3 is 14.7 Å². The van der Waals surface area contributed by atoms with E-state index in [2.05, 4.69) is 59.5 Å². The van der Waals surface area contributed by atoms with Gasteiger partial charge in [0.1, 0.15) is 0 Å². The minimum atomic E-state index is -0.705. The van der Waals surface area contributed by atoms with Crippen LogP contribution in [0.4, 0.5) is 0 Å². The van der Waals surface area contributed by atoms with Crippen molar-refractivity contribution in [3.8, 4) is 0 Å². The summed E-state index contributed by atoms with van der Waals surface area (Å²) in [4.78, 5) is 13.2. The van der Waals surface area contributed by atoms with Gasteiger partial charge in [-0.15, -0.1) is 0 Å². The molecule has 2 atom stereocenters. The fourth-order valence-corrected chi connectivity index (χ4v) is 5.10. The Kier molecular flexibility index (Phi) is 7.41. The van der Waals surface area contributed by atoms with E-state index in [0.29, 0.717) is 13.2 Å². The fraction of sp³-hybridized carbons (Fsp3) is 0.519. The quantitative estimate of drug-likeness (QED) is 0.532. The molecule has 0 spiro atoms. The molecule has 31 heavy (non-hydrogen) atoms. The van der Waals surface area contributed by atoms with Gasteiger partial charge in [-0.05, 0) is 73.6 Å². The predicted molar refractivity (Wildman–Crippen MR) is 123 cm³/mol. The van der Waals surface area contributed by atoms with E-state index in [1.54, 1.807) is 0 Å². The Labute approximate surface area is 186 Å². The van der Waals surface area contributed by atoms with Crippen molar-refractivity contribution in [2.75, 3.05) is 26.2 Å². The van der Waals surface area contributed by atoms with E-state index in [0.717, 1.165) is 44.4 Å². The SMILES string of the molecule is O=C(O)CCN1CCC(CC[C@@H]2CC2c2ccccc2)(COCc2ccccc2)CC1. The summed E-state index contributed by atoms with van der Waals surface area (Å²) in [5, 5.41) is 9.00. The molecule has 2 aliphatic rings.